The predicted molar refractivity (Wildman–Crippen MR) is 82.0 cm³/mol. The normalized spacial score (nSPS) is 22.8. The number of benzene rings is 1. The summed E-state index contributed by atoms with van der Waals surface area (Å²) in [6.07, 6.45) is 2.71. The van der Waals surface area contributed by atoms with E-state index in [0.29, 0.717) is 24.6 Å². The third kappa shape index (κ3) is 2.93. The number of rotatable bonds is 4. The first kappa shape index (κ1) is 14.8. The molecule has 1 N–H and O–H groups in total. The lowest BCUT2D eigenvalue weighted by Crippen LogP contribution is -2.43. The van der Waals surface area contributed by atoms with Crippen LogP contribution in [0.5, 0.6) is 0 Å². The van der Waals surface area contributed by atoms with Gasteiger partial charge in [-0.15, -0.1) is 0 Å². The molecule has 1 atom stereocenters. The number of nitrogens with zero attached hydrogens (tertiary/aromatic N) is 1. The van der Waals surface area contributed by atoms with Crippen LogP contribution in [0.1, 0.15) is 25.3 Å². The van der Waals surface area contributed by atoms with Crippen molar-refractivity contribution in [2.75, 3.05) is 31.6 Å². The molecular weight excluding hydrogens is 288 g/mol. The van der Waals surface area contributed by atoms with Gasteiger partial charge in [0.15, 0.2) is 0 Å². The van der Waals surface area contributed by atoms with Gasteiger partial charge >= 0.3 is 0 Å². The maximum Gasteiger partial charge on any atom is 0.243 e. The molecule has 1 fully saturated rings. The number of fused-ring (bicyclic) bond motifs is 1. The highest BCUT2D eigenvalue weighted by molar-refractivity contribution is 7.89. The largest absolute Gasteiger partial charge is 0.384 e. The van der Waals surface area contributed by atoms with Crippen molar-refractivity contribution in [1.82, 2.24) is 4.31 Å². The SMILES string of the molecule is CCOC1CCCN(S(=O)(=O)c2ccc3c(c2)CCN3)C1. The summed E-state index contributed by atoms with van der Waals surface area (Å²) >= 11 is 0. The Morgan fingerprint density at radius 2 is 2.29 bits per heavy atom. The van der Waals surface area contributed by atoms with Crippen molar-refractivity contribution < 1.29 is 13.2 Å². The molecule has 2 aliphatic heterocycles. The standard InChI is InChI=1S/C15H22N2O3S/c1-2-20-13-4-3-9-17(11-13)21(18,19)14-5-6-15-12(10-14)7-8-16-15/h5-6,10,13,16H,2-4,7-9,11H2,1H3. The second-order valence-corrected chi connectivity index (χ2v) is 7.52. The van der Waals surface area contributed by atoms with Crippen LogP contribution in [0.2, 0.25) is 0 Å². The van der Waals surface area contributed by atoms with Gasteiger partial charge in [-0.2, -0.15) is 4.31 Å². The number of hydrogen-bond donors (Lipinski definition) is 1. The van der Waals surface area contributed by atoms with E-state index in [2.05, 4.69) is 5.32 Å². The molecule has 0 aliphatic carbocycles. The highest BCUT2D eigenvalue weighted by Gasteiger charge is 2.31. The highest BCUT2D eigenvalue weighted by atomic mass is 32.2. The lowest BCUT2D eigenvalue weighted by molar-refractivity contribution is 0.0265. The Morgan fingerprint density at radius 1 is 1.43 bits per heavy atom. The predicted octanol–water partition coefficient (Wildman–Crippen LogP) is 1.84. The van der Waals surface area contributed by atoms with Gasteiger partial charge < -0.3 is 10.1 Å². The van der Waals surface area contributed by atoms with Gasteiger partial charge in [-0.3, -0.25) is 0 Å². The lowest BCUT2D eigenvalue weighted by Gasteiger charge is -2.31. The number of nitrogens with one attached hydrogen (secondary N) is 1. The van der Waals surface area contributed by atoms with E-state index in [1.54, 1.807) is 10.4 Å². The molecule has 2 aliphatic rings. The quantitative estimate of drug-likeness (QED) is 0.922. The van der Waals surface area contributed by atoms with Crippen LogP contribution < -0.4 is 5.32 Å². The molecule has 116 valence electrons. The van der Waals surface area contributed by atoms with E-state index < -0.39 is 10.0 Å². The van der Waals surface area contributed by atoms with Crippen LogP contribution in [0, 0.1) is 0 Å². The second kappa shape index (κ2) is 5.94. The molecule has 1 aromatic carbocycles. The molecule has 0 bridgehead atoms. The van der Waals surface area contributed by atoms with Crippen LogP contribution in [0.25, 0.3) is 0 Å². The van der Waals surface area contributed by atoms with E-state index >= 15 is 0 Å². The first-order chi connectivity index (χ1) is 10.1. The molecule has 1 unspecified atom stereocenters. The fraction of sp³-hybridized carbons (Fsp3) is 0.600. The molecule has 0 aromatic heterocycles. The van der Waals surface area contributed by atoms with Crippen molar-refractivity contribution in [1.29, 1.82) is 0 Å². The molecule has 1 aromatic rings. The Hall–Kier alpha value is -1.11. The zero-order valence-electron chi connectivity index (χ0n) is 12.3. The van der Waals surface area contributed by atoms with Crippen LogP contribution in [-0.4, -0.2) is 45.1 Å². The van der Waals surface area contributed by atoms with Gasteiger partial charge in [0.2, 0.25) is 10.0 Å². The van der Waals surface area contributed by atoms with Crippen LogP contribution in [-0.2, 0) is 21.2 Å². The minimum atomic E-state index is -3.41. The topological polar surface area (TPSA) is 58.6 Å². The maximum absolute atomic E-state index is 12.8. The zero-order valence-corrected chi connectivity index (χ0v) is 13.2. The fourth-order valence-corrected chi connectivity index (χ4v) is 4.65. The molecule has 3 rings (SSSR count). The van der Waals surface area contributed by atoms with Crippen molar-refractivity contribution in [3.8, 4) is 0 Å². The van der Waals surface area contributed by atoms with Crippen LogP contribution in [0.3, 0.4) is 0 Å². The fourth-order valence-electron chi connectivity index (χ4n) is 3.09. The highest BCUT2D eigenvalue weighted by Crippen LogP contribution is 2.28. The molecular formula is C15H22N2O3S. The van der Waals surface area contributed by atoms with Gasteiger partial charge in [0.25, 0.3) is 0 Å². The minimum absolute atomic E-state index is 0.0228. The lowest BCUT2D eigenvalue weighted by atomic mass is 10.1. The summed E-state index contributed by atoms with van der Waals surface area (Å²) in [7, 11) is -3.41. The van der Waals surface area contributed by atoms with Crippen molar-refractivity contribution in [2.24, 2.45) is 0 Å². The third-order valence-electron chi connectivity index (χ3n) is 4.17. The van der Waals surface area contributed by atoms with Gasteiger partial charge in [0.1, 0.15) is 0 Å². The van der Waals surface area contributed by atoms with Crippen molar-refractivity contribution in [3.05, 3.63) is 23.8 Å². The number of sulfonamides is 1. The number of hydrogen-bond acceptors (Lipinski definition) is 4. The second-order valence-electron chi connectivity index (χ2n) is 5.58. The average molecular weight is 310 g/mol. The molecule has 0 spiro atoms. The average Bonchev–Trinajstić information content (AvgIpc) is 2.95. The number of anilines is 1. The Bertz CT molecular complexity index is 613. The maximum atomic E-state index is 12.8. The van der Waals surface area contributed by atoms with Crippen molar-refractivity contribution in [3.63, 3.8) is 0 Å². The molecule has 0 radical (unpaired) electrons. The summed E-state index contributed by atoms with van der Waals surface area (Å²) in [5.41, 5.74) is 2.15. The molecule has 5 nitrogen and oxygen atoms in total. The summed E-state index contributed by atoms with van der Waals surface area (Å²) in [5.74, 6) is 0. The summed E-state index contributed by atoms with van der Waals surface area (Å²) in [4.78, 5) is 0.405. The van der Waals surface area contributed by atoms with Crippen LogP contribution >= 0.6 is 0 Å². The Balaban J connectivity index is 1.83. The van der Waals surface area contributed by atoms with Gasteiger partial charge in [0.05, 0.1) is 11.0 Å². The van der Waals surface area contributed by atoms with E-state index in [-0.39, 0.29) is 6.10 Å². The van der Waals surface area contributed by atoms with Crippen molar-refractivity contribution in [2.45, 2.75) is 37.2 Å². The molecule has 6 heteroatoms. The van der Waals surface area contributed by atoms with Crippen molar-refractivity contribution >= 4 is 15.7 Å². The van der Waals surface area contributed by atoms with E-state index in [0.717, 1.165) is 37.1 Å². The summed E-state index contributed by atoms with van der Waals surface area (Å²) in [6.45, 7) is 4.51. The van der Waals surface area contributed by atoms with Gasteiger partial charge in [-0.1, -0.05) is 0 Å². The van der Waals surface area contributed by atoms with E-state index in [1.165, 1.54) is 0 Å². The number of ether oxygens (including phenoxy) is 1. The minimum Gasteiger partial charge on any atom is -0.384 e. The Kier molecular flexibility index (Phi) is 4.19. The first-order valence-electron chi connectivity index (χ1n) is 7.60. The summed E-state index contributed by atoms with van der Waals surface area (Å²) in [6, 6.07) is 5.39. The first-order valence-corrected chi connectivity index (χ1v) is 9.04. The van der Waals surface area contributed by atoms with E-state index in [1.807, 2.05) is 19.1 Å². The van der Waals surface area contributed by atoms with Crippen LogP contribution in [0.4, 0.5) is 5.69 Å². The molecule has 0 saturated carbocycles. The molecule has 21 heavy (non-hydrogen) atoms. The van der Waals surface area contributed by atoms with E-state index in [9.17, 15) is 8.42 Å². The van der Waals surface area contributed by atoms with Gasteiger partial charge in [-0.25, -0.2) is 8.42 Å². The van der Waals surface area contributed by atoms with Crippen LogP contribution in [0.15, 0.2) is 23.1 Å². The van der Waals surface area contributed by atoms with E-state index in [4.69, 9.17) is 4.74 Å². The smallest absolute Gasteiger partial charge is 0.243 e. The zero-order chi connectivity index (χ0) is 14.9. The molecule has 1 saturated heterocycles. The summed E-state index contributed by atoms with van der Waals surface area (Å²) < 4.78 is 32.7. The molecule has 2 heterocycles. The van der Waals surface area contributed by atoms with Gasteiger partial charge in [-0.05, 0) is 49.9 Å². The third-order valence-corrected chi connectivity index (χ3v) is 6.03. The monoisotopic (exact) mass is 310 g/mol. The molecule has 0 amide bonds. The Morgan fingerprint density at radius 3 is 3.10 bits per heavy atom. The summed E-state index contributed by atoms with van der Waals surface area (Å²) in [5, 5.41) is 3.25. The van der Waals surface area contributed by atoms with Gasteiger partial charge in [0, 0.05) is 31.9 Å². The number of piperidine rings is 1. The Labute approximate surface area is 126 Å².